The molecule has 12 heteroatoms. The number of halogens is 2. The van der Waals surface area contributed by atoms with Gasteiger partial charge in [-0.05, 0) is 30.7 Å². The lowest BCUT2D eigenvalue weighted by Crippen LogP contribution is -2.26. The van der Waals surface area contributed by atoms with E-state index < -0.39 is 15.8 Å². The second-order valence-electron chi connectivity index (χ2n) is 8.09. The van der Waals surface area contributed by atoms with E-state index in [1.807, 2.05) is 6.07 Å². The molecule has 9 nitrogen and oxygen atoms in total. The van der Waals surface area contributed by atoms with Crippen molar-refractivity contribution >= 4 is 44.0 Å². The van der Waals surface area contributed by atoms with Gasteiger partial charge in [0.05, 0.1) is 36.6 Å². The fourth-order valence-electron chi connectivity index (χ4n) is 3.56. The van der Waals surface area contributed by atoms with Crippen LogP contribution in [0.4, 0.5) is 15.9 Å². The molecule has 0 aliphatic carbocycles. The number of aromatic nitrogens is 2. The van der Waals surface area contributed by atoms with Gasteiger partial charge in [-0.25, -0.2) is 27.5 Å². The molecule has 0 amide bonds. The van der Waals surface area contributed by atoms with Crippen molar-refractivity contribution in [3.05, 3.63) is 47.5 Å². The average Bonchev–Trinajstić information content (AvgIpc) is 2.82. The van der Waals surface area contributed by atoms with Crippen LogP contribution in [0.2, 0.25) is 5.02 Å². The molecule has 1 saturated heterocycles. The predicted molar refractivity (Wildman–Crippen MR) is 132 cm³/mol. The molecule has 1 aliphatic rings. The van der Waals surface area contributed by atoms with Gasteiger partial charge in [-0.2, -0.15) is 0 Å². The van der Waals surface area contributed by atoms with E-state index >= 15 is 0 Å². The van der Waals surface area contributed by atoms with E-state index in [0.717, 1.165) is 19.1 Å². The molecule has 0 radical (unpaired) electrons. The third-order valence-corrected chi connectivity index (χ3v) is 6.31. The molecule has 1 fully saturated rings. The van der Waals surface area contributed by atoms with Crippen LogP contribution in [0.5, 0.6) is 11.5 Å². The SMILES string of the molecule is CS(=O)(=O)NCCCOc1cc2ncnc(Nc3ccc(F)c(Cl)c3)c2cc1OC1CCOCC1. The van der Waals surface area contributed by atoms with E-state index in [-0.39, 0.29) is 24.3 Å². The van der Waals surface area contributed by atoms with Crippen molar-refractivity contribution < 1.29 is 27.0 Å². The topological polar surface area (TPSA) is 112 Å². The number of hydrogen-bond acceptors (Lipinski definition) is 8. The van der Waals surface area contributed by atoms with Crippen LogP contribution in [0.1, 0.15) is 19.3 Å². The van der Waals surface area contributed by atoms with Crippen LogP contribution >= 0.6 is 11.6 Å². The maximum Gasteiger partial charge on any atom is 0.208 e. The molecule has 0 bridgehead atoms. The van der Waals surface area contributed by atoms with Gasteiger partial charge < -0.3 is 19.5 Å². The normalized spacial score (nSPS) is 14.7. The fourth-order valence-corrected chi connectivity index (χ4v) is 4.26. The molecular weight excluding hydrogens is 499 g/mol. The highest BCUT2D eigenvalue weighted by Crippen LogP contribution is 2.36. The predicted octanol–water partition coefficient (Wildman–Crippen LogP) is 4.04. The Labute approximate surface area is 208 Å². The third-order valence-electron chi connectivity index (χ3n) is 5.29. The number of ether oxygens (including phenoxy) is 3. The summed E-state index contributed by atoms with van der Waals surface area (Å²) in [7, 11) is -3.26. The highest BCUT2D eigenvalue weighted by atomic mass is 35.5. The Balaban J connectivity index is 1.60. The van der Waals surface area contributed by atoms with Crippen LogP contribution in [0.25, 0.3) is 10.9 Å². The number of anilines is 2. The lowest BCUT2D eigenvalue weighted by molar-refractivity contribution is 0.0243. The molecule has 0 unspecified atom stereocenters. The molecule has 0 saturated carbocycles. The highest BCUT2D eigenvalue weighted by Gasteiger charge is 2.19. The van der Waals surface area contributed by atoms with Crippen molar-refractivity contribution in [1.82, 2.24) is 14.7 Å². The number of fused-ring (bicyclic) bond motifs is 1. The molecule has 2 aromatic carbocycles. The fraction of sp³-hybridized carbons (Fsp3) is 0.391. The lowest BCUT2D eigenvalue weighted by atomic mass is 10.1. The minimum Gasteiger partial charge on any atom is -0.490 e. The Bertz CT molecular complexity index is 1290. The second-order valence-corrected chi connectivity index (χ2v) is 10.3. The van der Waals surface area contributed by atoms with Crippen molar-refractivity contribution in [2.75, 3.05) is 37.9 Å². The molecule has 1 aliphatic heterocycles. The summed E-state index contributed by atoms with van der Waals surface area (Å²) in [4.78, 5) is 8.70. The summed E-state index contributed by atoms with van der Waals surface area (Å²) in [5, 5.41) is 3.84. The summed E-state index contributed by atoms with van der Waals surface area (Å²) in [6.45, 7) is 1.78. The Kier molecular flexibility index (Phi) is 8.22. The summed E-state index contributed by atoms with van der Waals surface area (Å²) in [5.74, 6) is 1.01. The van der Waals surface area contributed by atoms with Gasteiger partial charge >= 0.3 is 0 Å². The smallest absolute Gasteiger partial charge is 0.208 e. The van der Waals surface area contributed by atoms with Crippen molar-refractivity contribution in [3.8, 4) is 11.5 Å². The molecule has 0 spiro atoms. The number of nitrogens with zero attached hydrogens (tertiary/aromatic N) is 2. The van der Waals surface area contributed by atoms with Crippen LogP contribution < -0.4 is 19.5 Å². The van der Waals surface area contributed by atoms with Crippen molar-refractivity contribution in [2.45, 2.75) is 25.4 Å². The first-order valence-electron chi connectivity index (χ1n) is 11.1. The molecule has 1 aromatic heterocycles. The zero-order valence-electron chi connectivity index (χ0n) is 19.1. The van der Waals surface area contributed by atoms with Crippen LogP contribution in [0.15, 0.2) is 36.7 Å². The molecule has 4 rings (SSSR count). The zero-order chi connectivity index (χ0) is 24.8. The lowest BCUT2D eigenvalue weighted by Gasteiger charge is -2.25. The summed E-state index contributed by atoms with van der Waals surface area (Å²) < 4.78 is 56.2. The number of hydrogen-bond donors (Lipinski definition) is 2. The summed E-state index contributed by atoms with van der Waals surface area (Å²) in [5.41, 5.74) is 1.18. The minimum atomic E-state index is -3.26. The van der Waals surface area contributed by atoms with Gasteiger partial charge in [0.2, 0.25) is 10.0 Å². The Morgan fingerprint density at radius 1 is 1.17 bits per heavy atom. The third kappa shape index (κ3) is 7.14. The van der Waals surface area contributed by atoms with Crippen LogP contribution in [0.3, 0.4) is 0 Å². The first kappa shape index (κ1) is 25.4. The first-order valence-corrected chi connectivity index (χ1v) is 13.4. The van der Waals surface area contributed by atoms with Crippen molar-refractivity contribution in [2.24, 2.45) is 0 Å². The van der Waals surface area contributed by atoms with Crippen molar-refractivity contribution in [3.63, 3.8) is 0 Å². The summed E-state index contributed by atoms with van der Waals surface area (Å²) in [6, 6.07) is 7.89. The van der Waals surface area contributed by atoms with E-state index in [2.05, 4.69) is 20.0 Å². The maximum absolute atomic E-state index is 13.6. The monoisotopic (exact) mass is 524 g/mol. The number of benzene rings is 2. The second kappa shape index (κ2) is 11.3. The van der Waals surface area contributed by atoms with Gasteiger partial charge in [0.25, 0.3) is 0 Å². The van der Waals surface area contributed by atoms with E-state index in [4.69, 9.17) is 25.8 Å². The number of sulfonamides is 1. The van der Waals surface area contributed by atoms with Crippen LogP contribution in [-0.4, -0.2) is 57.1 Å². The molecular formula is C23H26ClFN4O5S. The van der Waals surface area contributed by atoms with Gasteiger partial charge in [-0.15, -0.1) is 0 Å². The first-order chi connectivity index (χ1) is 16.8. The van der Waals surface area contributed by atoms with E-state index in [9.17, 15) is 12.8 Å². The molecule has 3 aromatic rings. The molecule has 188 valence electrons. The molecule has 0 atom stereocenters. The van der Waals surface area contributed by atoms with Crippen molar-refractivity contribution in [1.29, 1.82) is 0 Å². The van der Waals surface area contributed by atoms with Crippen LogP contribution in [-0.2, 0) is 14.8 Å². The average molecular weight is 525 g/mol. The van der Waals surface area contributed by atoms with Gasteiger partial charge in [-0.1, -0.05) is 11.6 Å². The van der Waals surface area contributed by atoms with Crippen LogP contribution in [0, 0.1) is 5.82 Å². The Morgan fingerprint density at radius 3 is 2.71 bits per heavy atom. The van der Waals surface area contributed by atoms with Gasteiger partial charge in [-0.3, -0.25) is 0 Å². The molecule has 2 heterocycles. The number of nitrogens with one attached hydrogen (secondary N) is 2. The summed E-state index contributed by atoms with van der Waals surface area (Å²) in [6.07, 6.45) is 4.47. The van der Waals surface area contributed by atoms with Gasteiger partial charge in [0, 0.05) is 36.5 Å². The number of rotatable bonds is 10. The quantitative estimate of drug-likeness (QED) is 0.382. The Hall–Kier alpha value is -2.73. The largest absolute Gasteiger partial charge is 0.490 e. The molecule has 35 heavy (non-hydrogen) atoms. The van der Waals surface area contributed by atoms with E-state index in [0.29, 0.717) is 53.5 Å². The van der Waals surface area contributed by atoms with E-state index in [1.54, 1.807) is 12.1 Å². The zero-order valence-corrected chi connectivity index (χ0v) is 20.7. The maximum atomic E-state index is 13.6. The summed E-state index contributed by atoms with van der Waals surface area (Å²) >= 11 is 5.92. The standard InChI is InChI=1S/C23H26ClFN4O5S/c1-35(30,31)28-7-2-8-33-21-13-20-17(12-22(21)34-16-5-9-32-10-6-16)23(27-14-26-20)29-15-3-4-19(25)18(24)11-15/h3-4,11-14,16,28H,2,5-10H2,1H3,(H,26,27,29). The van der Waals surface area contributed by atoms with Gasteiger partial charge in [0.15, 0.2) is 11.5 Å². The molecule has 2 N–H and O–H groups in total. The Morgan fingerprint density at radius 2 is 1.97 bits per heavy atom. The van der Waals surface area contributed by atoms with Gasteiger partial charge in [0.1, 0.15) is 24.1 Å². The van der Waals surface area contributed by atoms with E-state index in [1.165, 1.54) is 18.5 Å². The highest BCUT2D eigenvalue weighted by molar-refractivity contribution is 7.88. The minimum absolute atomic E-state index is 0.00190.